The van der Waals surface area contributed by atoms with Gasteiger partial charge in [0, 0.05) is 24.1 Å². The third-order valence-corrected chi connectivity index (χ3v) is 4.92. The van der Waals surface area contributed by atoms with Crippen molar-refractivity contribution in [2.45, 2.75) is 6.42 Å². The second-order valence-corrected chi connectivity index (χ2v) is 6.83. The second-order valence-electron chi connectivity index (χ2n) is 6.83. The second kappa shape index (κ2) is 8.16. The van der Waals surface area contributed by atoms with Crippen LogP contribution in [0.1, 0.15) is 27.3 Å². The molecule has 0 unspecified atom stereocenters. The number of aromatic nitrogens is 3. The number of rotatable bonds is 5. The summed E-state index contributed by atoms with van der Waals surface area (Å²) in [7, 11) is 1.17. The maximum Gasteiger partial charge on any atom is 0.342 e. The lowest BCUT2D eigenvalue weighted by Gasteiger charge is -2.11. The lowest BCUT2D eigenvalue weighted by molar-refractivity contribution is -0.384. The Morgan fingerprint density at radius 2 is 1.91 bits per heavy atom. The van der Waals surface area contributed by atoms with Crippen LogP contribution in [0, 0.1) is 21.4 Å². The van der Waals surface area contributed by atoms with Gasteiger partial charge >= 0.3 is 5.97 Å². The van der Waals surface area contributed by atoms with Crippen LogP contribution >= 0.6 is 0 Å². The summed E-state index contributed by atoms with van der Waals surface area (Å²) in [5, 5.41) is 23.6. The lowest BCUT2D eigenvalue weighted by Crippen LogP contribution is -2.22. The standard InChI is InChI=1S/C22H15N5O5/c1-32-22(29)19-18(14-7-9-15(10-8-14)27(30)31)16(12-23)21(28)26-20(19)24-17(25-26)11-13-5-3-2-4-6-13/h2-10H,11H2,1H3,(H,24,25). The number of benzene rings is 2. The first kappa shape index (κ1) is 20.5. The van der Waals surface area contributed by atoms with Crippen molar-refractivity contribution in [1.82, 2.24) is 14.6 Å². The van der Waals surface area contributed by atoms with Gasteiger partial charge < -0.3 is 4.74 Å². The molecule has 10 nitrogen and oxygen atoms in total. The van der Waals surface area contributed by atoms with E-state index >= 15 is 0 Å². The van der Waals surface area contributed by atoms with Crippen molar-refractivity contribution in [2.75, 3.05) is 7.11 Å². The Morgan fingerprint density at radius 1 is 1.22 bits per heavy atom. The van der Waals surface area contributed by atoms with Crippen LogP contribution < -0.4 is 5.56 Å². The van der Waals surface area contributed by atoms with E-state index in [0.717, 1.165) is 10.1 Å². The highest BCUT2D eigenvalue weighted by Gasteiger charge is 2.27. The Labute approximate surface area is 180 Å². The minimum Gasteiger partial charge on any atom is -0.465 e. The molecule has 0 aliphatic heterocycles. The number of aromatic amines is 1. The van der Waals surface area contributed by atoms with Gasteiger partial charge in [-0.05, 0) is 23.3 Å². The largest absolute Gasteiger partial charge is 0.465 e. The predicted molar refractivity (Wildman–Crippen MR) is 113 cm³/mol. The number of nitrogens with zero attached hydrogens (tertiary/aromatic N) is 4. The SMILES string of the molecule is COC(=O)c1c(-c2ccc([N+](=O)[O-])cc2)c(C#N)c(=O)n2[nH]c(Cc3ccccc3)nc12. The number of fused-ring (bicyclic) bond motifs is 1. The summed E-state index contributed by atoms with van der Waals surface area (Å²) in [4.78, 5) is 40.7. The average molecular weight is 429 g/mol. The summed E-state index contributed by atoms with van der Waals surface area (Å²) in [6.07, 6.45) is 0.358. The van der Waals surface area contributed by atoms with Crippen molar-refractivity contribution >= 4 is 17.3 Å². The highest BCUT2D eigenvalue weighted by Crippen LogP contribution is 2.30. The Balaban J connectivity index is 2.00. The molecule has 1 N–H and O–H groups in total. The number of ether oxygens (including phenoxy) is 1. The highest BCUT2D eigenvalue weighted by atomic mass is 16.6. The molecule has 0 saturated carbocycles. The molecule has 2 heterocycles. The first-order valence-electron chi connectivity index (χ1n) is 9.39. The number of nitriles is 1. The number of carbonyl (C=O) groups excluding carboxylic acids is 1. The number of non-ortho nitro benzene ring substituents is 1. The summed E-state index contributed by atoms with van der Waals surface area (Å²) >= 11 is 0. The van der Waals surface area contributed by atoms with E-state index in [2.05, 4.69) is 10.1 Å². The Bertz CT molecular complexity index is 1450. The first-order chi connectivity index (χ1) is 15.4. The number of nitro groups is 1. The van der Waals surface area contributed by atoms with Crippen LogP contribution in [0.25, 0.3) is 16.8 Å². The van der Waals surface area contributed by atoms with Crippen LogP contribution in [0.2, 0.25) is 0 Å². The molecule has 0 amide bonds. The molecular formula is C22H15N5O5. The van der Waals surface area contributed by atoms with E-state index in [0.29, 0.717) is 12.2 Å². The number of H-pyrrole nitrogens is 1. The number of hydrogen-bond donors (Lipinski definition) is 1. The van der Waals surface area contributed by atoms with Crippen LogP contribution in [0.3, 0.4) is 0 Å². The molecule has 4 rings (SSSR count). The van der Waals surface area contributed by atoms with Gasteiger partial charge in [0.1, 0.15) is 23.0 Å². The van der Waals surface area contributed by atoms with E-state index in [1.807, 2.05) is 36.4 Å². The van der Waals surface area contributed by atoms with Gasteiger partial charge in [-0.25, -0.2) is 9.78 Å². The molecule has 4 aromatic rings. The van der Waals surface area contributed by atoms with Crippen LogP contribution in [0.15, 0.2) is 59.4 Å². The monoisotopic (exact) mass is 429 g/mol. The maximum atomic E-state index is 13.1. The first-order valence-corrected chi connectivity index (χ1v) is 9.39. The molecule has 2 aromatic carbocycles. The molecule has 0 fully saturated rings. The summed E-state index contributed by atoms with van der Waals surface area (Å²) in [5.74, 6) is -0.395. The third-order valence-electron chi connectivity index (χ3n) is 4.92. The molecule has 0 spiro atoms. The Morgan fingerprint density at radius 3 is 2.50 bits per heavy atom. The minimum absolute atomic E-state index is 0.000124. The molecule has 10 heteroatoms. The van der Waals surface area contributed by atoms with E-state index in [9.17, 15) is 25.0 Å². The maximum absolute atomic E-state index is 13.1. The van der Waals surface area contributed by atoms with Crippen LogP contribution in [-0.4, -0.2) is 32.6 Å². The summed E-state index contributed by atoms with van der Waals surface area (Å²) in [6, 6.07) is 16.4. The third kappa shape index (κ3) is 3.48. The molecule has 0 radical (unpaired) electrons. The van der Waals surface area contributed by atoms with E-state index < -0.39 is 16.5 Å². The van der Waals surface area contributed by atoms with Gasteiger partial charge in [-0.15, -0.1) is 0 Å². The van der Waals surface area contributed by atoms with Crippen LogP contribution in [0.4, 0.5) is 5.69 Å². The van der Waals surface area contributed by atoms with Crippen molar-refractivity contribution in [3.8, 4) is 17.2 Å². The number of carbonyl (C=O) groups is 1. The molecule has 158 valence electrons. The fourth-order valence-corrected chi connectivity index (χ4v) is 3.46. The number of methoxy groups -OCH3 is 1. The molecule has 0 saturated heterocycles. The summed E-state index contributed by atoms with van der Waals surface area (Å²) in [6.45, 7) is 0. The fourth-order valence-electron chi connectivity index (χ4n) is 3.46. The van der Waals surface area contributed by atoms with Crippen LogP contribution in [0.5, 0.6) is 0 Å². The van der Waals surface area contributed by atoms with Gasteiger partial charge in [0.2, 0.25) is 0 Å². The van der Waals surface area contributed by atoms with E-state index in [1.165, 1.54) is 31.4 Å². The number of esters is 1. The molecule has 0 bridgehead atoms. The van der Waals surface area contributed by atoms with Crippen molar-refractivity contribution in [3.05, 3.63) is 97.6 Å². The zero-order valence-electron chi connectivity index (χ0n) is 16.7. The molecule has 0 aliphatic carbocycles. The Kier molecular flexibility index (Phi) is 5.22. The summed E-state index contributed by atoms with van der Waals surface area (Å²) in [5.41, 5.74) is -0.0585. The average Bonchev–Trinajstić information content (AvgIpc) is 3.22. The van der Waals surface area contributed by atoms with Crippen LogP contribution in [-0.2, 0) is 11.2 Å². The lowest BCUT2D eigenvalue weighted by atomic mass is 9.96. The highest BCUT2D eigenvalue weighted by molar-refractivity contribution is 6.04. The molecular weight excluding hydrogens is 414 g/mol. The topological polar surface area (TPSA) is 143 Å². The fraction of sp³-hybridized carbons (Fsp3) is 0.0909. The smallest absolute Gasteiger partial charge is 0.342 e. The van der Waals surface area contributed by atoms with Gasteiger partial charge in [0.25, 0.3) is 11.2 Å². The summed E-state index contributed by atoms with van der Waals surface area (Å²) < 4.78 is 5.95. The van der Waals surface area contributed by atoms with Crippen molar-refractivity contribution in [3.63, 3.8) is 0 Å². The quantitative estimate of drug-likeness (QED) is 0.292. The molecule has 32 heavy (non-hydrogen) atoms. The Hall–Kier alpha value is -4.78. The zero-order chi connectivity index (χ0) is 22.8. The van der Waals surface area contributed by atoms with Gasteiger partial charge in [0.15, 0.2) is 5.65 Å². The van der Waals surface area contributed by atoms with Gasteiger partial charge in [0.05, 0.1) is 12.0 Å². The van der Waals surface area contributed by atoms with Crippen molar-refractivity contribution in [2.24, 2.45) is 0 Å². The number of hydrogen-bond acceptors (Lipinski definition) is 7. The van der Waals surface area contributed by atoms with Gasteiger partial charge in [-0.2, -0.15) is 9.78 Å². The number of nitrogens with one attached hydrogen (secondary N) is 1. The predicted octanol–water partition coefficient (Wildman–Crippen LogP) is 2.85. The molecule has 0 atom stereocenters. The van der Waals surface area contributed by atoms with Crippen molar-refractivity contribution in [1.29, 1.82) is 5.26 Å². The minimum atomic E-state index is -0.801. The van der Waals surface area contributed by atoms with E-state index in [1.54, 1.807) is 0 Å². The molecule has 2 aromatic heterocycles. The van der Waals surface area contributed by atoms with Crippen molar-refractivity contribution < 1.29 is 14.5 Å². The van der Waals surface area contributed by atoms with Gasteiger partial charge in [-0.3, -0.25) is 20.0 Å². The zero-order valence-corrected chi connectivity index (χ0v) is 16.7. The van der Waals surface area contributed by atoms with E-state index in [-0.39, 0.29) is 33.6 Å². The normalized spacial score (nSPS) is 10.6. The van der Waals surface area contributed by atoms with E-state index in [4.69, 9.17) is 4.74 Å². The number of pyridine rings is 1. The van der Waals surface area contributed by atoms with Gasteiger partial charge in [-0.1, -0.05) is 30.3 Å². The number of nitro benzene ring substituents is 1. The molecule has 0 aliphatic rings.